The van der Waals surface area contributed by atoms with Crippen LogP contribution >= 0.6 is 0 Å². The van der Waals surface area contributed by atoms with Crippen molar-refractivity contribution in [2.45, 2.75) is 24.7 Å². The summed E-state index contributed by atoms with van der Waals surface area (Å²) in [6.45, 7) is 2.49. The van der Waals surface area contributed by atoms with Crippen molar-refractivity contribution in [3.8, 4) is 11.8 Å². The third kappa shape index (κ3) is 3.21. The molecule has 0 radical (unpaired) electrons. The second-order valence-corrected chi connectivity index (χ2v) is 8.64. The first-order valence-electron chi connectivity index (χ1n) is 10.7. The van der Waals surface area contributed by atoms with Crippen LogP contribution in [0.2, 0.25) is 0 Å². The van der Waals surface area contributed by atoms with Crippen molar-refractivity contribution >= 4 is 23.2 Å². The molecule has 32 heavy (non-hydrogen) atoms. The number of likely N-dealkylation sites (tertiary alicyclic amines) is 1. The number of carbonyl (C=O) groups excluding carboxylic acids is 2. The van der Waals surface area contributed by atoms with Crippen LogP contribution in [0.25, 0.3) is 0 Å². The van der Waals surface area contributed by atoms with Gasteiger partial charge in [0, 0.05) is 25.3 Å². The van der Waals surface area contributed by atoms with Crippen LogP contribution < -0.4 is 15.0 Å². The number of amides is 2. The summed E-state index contributed by atoms with van der Waals surface area (Å²) < 4.78 is 20.2. The molecule has 0 atom stereocenters. The molecule has 3 aliphatic heterocycles. The van der Waals surface area contributed by atoms with Gasteiger partial charge >= 0.3 is 0 Å². The molecule has 0 unspecified atom stereocenters. The zero-order valence-corrected chi connectivity index (χ0v) is 17.8. The second kappa shape index (κ2) is 7.61. The predicted molar refractivity (Wildman–Crippen MR) is 116 cm³/mol. The average molecular weight is 434 g/mol. The molecule has 1 fully saturated rings. The lowest BCUT2D eigenvalue weighted by Gasteiger charge is -2.38. The third-order valence-corrected chi connectivity index (χ3v) is 6.90. The van der Waals surface area contributed by atoms with E-state index < -0.39 is 11.2 Å². The largest absolute Gasteiger partial charge is 0.492 e. The van der Waals surface area contributed by atoms with Crippen LogP contribution in [0.5, 0.6) is 5.75 Å². The SMILES string of the molecule is CN1C(=O)Cc2cc(OCCN3CCC4(CC3)C(=O)Nc3ccc(C#N)cc34)cc(F)c21. The molecule has 7 nitrogen and oxygen atoms in total. The number of halogens is 1. The summed E-state index contributed by atoms with van der Waals surface area (Å²) >= 11 is 0. The zero-order chi connectivity index (χ0) is 22.5. The number of hydrogen-bond acceptors (Lipinski definition) is 5. The summed E-state index contributed by atoms with van der Waals surface area (Å²) in [7, 11) is 1.57. The summed E-state index contributed by atoms with van der Waals surface area (Å²) in [5.41, 5.74) is 2.68. The fourth-order valence-corrected chi connectivity index (χ4v) is 5.06. The number of fused-ring (bicyclic) bond motifs is 3. The molecule has 1 spiro atoms. The Morgan fingerprint density at radius 2 is 2.00 bits per heavy atom. The molecule has 2 amide bonds. The fraction of sp³-hybridized carbons (Fsp3) is 0.375. The maximum atomic E-state index is 14.4. The Bertz CT molecular complexity index is 1160. The Labute approximate surface area is 185 Å². The minimum absolute atomic E-state index is 0.00613. The van der Waals surface area contributed by atoms with Crippen LogP contribution in [0, 0.1) is 17.1 Å². The highest BCUT2D eigenvalue weighted by Gasteiger charge is 2.48. The molecule has 1 saturated heterocycles. The van der Waals surface area contributed by atoms with Gasteiger partial charge in [0.1, 0.15) is 12.4 Å². The molecule has 3 aliphatic rings. The zero-order valence-electron chi connectivity index (χ0n) is 17.8. The van der Waals surface area contributed by atoms with Crippen molar-refractivity contribution in [3.05, 3.63) is 52.8 Å². The monoisotopic (exact) mass is 434 g/mol. The second-order valence-electron chi connectivity index (χ2n) is 8.64. The molecule has 2 aromatic rings. The standard InChI is InChI=1S/C24H23FN4O3/c1-28-21(30)12-16-11-17(13-19(25)22(16)28)32-9-8-29-6-4-24(5-7-29)18-10-15(14-26)2-3-20(18)27-23(24)31/h2-3,10-11,13H,4-9,12H2,1H3,(H,27,31). The van der Waals surface area contributed by atoms with Gasteiger partial charge in [0.25, 0.3) is 0 Å². The number of anilines is 2. The van der Waals surface area contributed by atoms with Crippen molar-refractivity contribution in [1.82, 2.24) is 4.90 Å². The molecule has 5 rings (SSSR count). The number of likely N-dealkylation sites (N-methyl/N-ethyl adjacent to an activating group) is 1. The Morgan fingerprint density at radius 3 is 2.75 bits per heavy atom. The van der Waals surface area contributed by atoms with Gasteiger partial charge in [-0.15, -0.1) is 0 Å². The van der Waals surface area contributed by atoms with Crippen molar-refractivity contribution in [1.29, 1.82) is 5.26 Å². The number of hydrogen-bond donors (Lipinski definition) is 1. The molecule has 164 valence electrons. The summed E-state index contributed by atoms with van der Waals surface area (Å²) in [5.74, 6) is -0.149. The van der Waals surface area contributed by atoms with Crippen LogP contribution in [0.4, 0.5) is 15.8 Å². The van der Waals surface area contributed by atoms with Gasteiger partial charge in [-0.05, 0) is 61.3 Å². The van der Waals surface area contributed by atoms with E-state index in [1.54, 1.807) is 19.2 Å². The minimum atomic E-state index is -0.582. The first-order valence-corrected chi connectivity index (χ1v) is 10.7. The minimum Gasteiger partial charge on any atom is -0.492 e. The maximum Gasteiger partial charge on any atom is 0.235 e. The fourth-order valence-electron chi connectivity index (χ4n) is 5.06. The van der Waals surface area contributed by atoms with Gasteiger partial charge in [-0.2, -0.15) is 5.26 Å². The summed E-state index contributed by atoms with van der Waals surface area (Å²) in [6.07, 6.45) is 1.52. The summed E-state index contributed by atoms with van der Waals surface area (Å²) in [6, 6.07) is 10.6. The third-order valence-electron chi connectivity index (χ3n) is 6.90. The van der Waals surface area contributed by atoms with Crippen molar-refractivity contribution in [2.24, 2.45) is 0 Å². The van der Waals surface area contributed by atoms with Crippen LogP contribution in [-0.2, 0) is 21.4 Å². The number of nitrogens with zero attached hydrogens (tertiary/aromatic N) is 3. The lowest BCUT2D eigenvalue weighted by Crippen LogP contribution is -2.47. The smallest absolute Gasteiger partial charge is 0.235 e. The quantitative estimate of drug-likeness (QED) is 0.800. The molecule has 0 saturated carbocycles. The van der Waals surface area contributed by atoms with Gasteiger partial charge in [-0.1, -0.05) is 0 Å². The molecular formula is C24H23FN4O3. The average Bonchev–Trinajstić information content (AvgIpc) is 3.22. The molecule has 0 bridgehead atoms. The van der Waals surface area contributed by atoms with E-state index in [2.05, 4.69) is 16.3 Å². The first kappa shape index (κ1) is 20.5. The van der Waals surface area contributed by atoms with Gasteiger partial charge in [-0.25, -0.2) is 4.39 Å². The van der Waals surface area contributed by atoms with E-state index >= 15 is 0 Å². The lowest BCUT2D eigenvalue weighted by atomic mass is 9.73. The molecule has 0 aliphatic carbocycles. The Hall–Kier alpha value is -3.44. The Kier molecular flexibility index (Phi) is 4.86. The summed E-state index contributed by atoms with van der Waals surface area (Å²) in [5, 5.41) is 12.2. The first-order chi connectivity index (χ1) is 15.4. The van der Waals surface area contributed by atoms with Gasteiger partial charge in [0.15, 0.2) is 5.82 Å². The number of carbonyl (C=O) groups is 2. The van der Waals surface area contributed by atoms with Crippen LogP contribution in [0.3, 0.4) is 0 Å². The van der Waals surface area contributed by atoms with Crippen molar-refractivity contribution in [2.75, 3.05) is 43.5 Å². The van der Waals surface area contributed by atoms with E-state index in [-0.39, 0.29) is 18.2 Å². The normalized spacial score (nSPS) is 19.0. The van der Waals surface area contributed by atoms with Crippen LogP contribution in [-0.4, -0.2) is 50.0 Å². The van der Waals surface area contributed by atoms with Gasteiger partial charge in [0.05, 0.1) is 29.2 Å². The summed E-state index contributed by atoms with van der Waals surface area (Å²) in [4.78, 5) is 28.2. The number of rotatable bonds is 4. The van der Waals surface area contributed by atoms with E-state index in [1.807, 2.05) is 12.1 Å². The lowest BCUT2D eigenvalue weighted by molar-refractivity contribution is -0.122. The highest BCUT2D eigenvalue weighted by atomic mass is 19.1. The number of nitriles is 1. The molecule has 0 aromatic heterocycles. The van der Waals surface area contributed by atoms with Crippen LogP contribution in [0.15, 0.2) is 30.3 Å². The topological polar surface area (TPSA) is 85.7 Å². The van der Waals surface area contributed by atoms with Crippen molar-refractivity contribution in [3.63, 3.8) is 0 Å². The predicted octanol–water partition coefficient (Wildman–Crippen LogP) is 2.58. The van der Waals surface area contributed by atoms with Gasteiger partial charge < -0.3 is 15.0 Å². The highest BCUT2D eigenvalue weighted by molar-refractivity contribution is 6.06. The highest BCUT2D eigenvalue weighted by Crippen LogP contribution is 2.45. The van der Waals surface area contributed by atoms with E-state index in [0.717, 1.165) is 24.3 Å². The van der Waals surface area contributed by atoms with E-state index in [1.165, 1.54) is 11.0 Å². The van der Waals surface area contributed by atoms with E-state index in [4.69, 9.17) is 4.74 Å². The molecule has 8 heteroatoms. The van der Waals surface area contributed by atoms with Gasteiger partial charge in [0.2, 0.25) is 11.8 Å². The Morgan fingerprint density at radius 1 is 1.22 bits per heavy atom. The van der Waals surface area contributed by atoms with Crippen molar-refractivity contribution < 1.29 is 18.7 Å². The van der Waals surface area contributed by atoms with Crippen LogP contribution in [0.1, 0.15) is 29.5 Å². The number of piperidine rings is 1. The molecule has 2 aromatic carbocycles. The molecule has 1 N–H and O–H groups in total. The van der Waals surface area contributed by atoms with E-state index in [9.17, 15) is 19.2 Å². The Balaban J connectivity index is 1.20. The molecule has 3 heterocycles. The number of benzene rings is 2. The number of ether oxygens (including phenoxy) is 1. The molecular weight excluding hydrogens is 411 g/mol. The number of nitrogens with one attached hydrogen (secondary N) is 1. The van der Waals surface area contributed by atoms with E-state index in [0.29, 0.717) is 48.6 Å². The maximum absolute atomic E-state index is 14.4. The van der Waals surface area contributed by atoms with Gasteiger partial charge in [-0.3, -0.25) is 14.5 Å².